The number of ether oxygens (including phenoxy) is 1. The van der Waals surface area contributed by atoms with Crippen LogP contribution < -0.4 is 10.6 Å². The first-order valence-corrected chi connectivity index (χ1v) is 9.69. The number of methoxy groups -OCH3 is 1. The summed E-state index contributed by atoms with van der Waals surface area (Å²) < 4.78 is 30.4. The third kappa shape index (κ3) is 4.01. The Bertz CT molecular complexity index is 773. The van der Waals surface area contributed by atoms with Crippen LogP contribution in [0.5, 0.6) is 0 Å². The summed E-state index contributed by atoms with van der Waals surface area (Å²) in [6, 6.07) is 4.19. The Labute approximate surface area is 148 Å². The highest BCUT2D eigenvalue weighted by Crippen LogP contribution is 2.36. The van der Waals surface area contributed by atoms with Gasteiger partial charge in [-0.25, -0.2) is 8.42 Å². The summed E-state index contributed by atoms with van der Waals surface area (Å²) in [6.45, 7) is 5.18. The molecule has 2 N–H and O–H groups in total. The van der Waals surface area contributed by atoms with Crippen LogP contribution in [-0.4, -0.2) is 39.2 Å². The lowest BCUT2D eigenvalue weighted by Crippen LogP contribution is -2.27. The predicted molar refractivity (Wildman–Crippen MR) is 93.9 cm³/mol. The summed E-state index contributed by atoms with van der Waals surface area (Å²) >= 11 is 0. The van der Waals surface area contributed by atoms with Crippen molar-refractivity contribution in [3.63, 3.8) is 0 Å². The van der Waals surface area contributed by atoms with E-state index in [1.54, 1.807) is 26.0 Å². The molecule has 1 aliphatic heterocycles. The molecule has 2 rings (SSSR count). The third-order valence-electron chi connectivity index (χ3n) is 4.32. The van der Waals surface area contributed by atoms with Gasteiger partial charge in [0.1, 0.15) is 0 Å². The Morgan fingerprint density at radius 1 is 1.32 bits per heavy atom. The first kappa shape index (κ1) is 19.4. The first-order chi connectivity index (χ1) is 11.7. The molecule has 2 atom stereocenters. The molecular formula is C17H24N2O5S. The van der Waals surface area contributed by atoms with Crippen molar-refractivity contribution >= 4 is 27.4 Å². The van der Waals surface area contributed by atoms with E-state index in [1.807, 2.05) is 0 Å². The number of nitrogens with one attached hydrogen (secondary N) is 2. The molecule has 25 heavy (non-hydrogen) atoms. The second kappa shape index (κ2) is 7.53. The maximum Gasteiger partial charge on any atom is 0.310 e. The van der Waals surface area contributed by atoms with Gasteiger partial charge < -0.3 is 15.4 Å². The fourth-order valence-corrected chi connectivity index (χ4v) is 4.30. The van der Waals surface area contributed by atoms with E-state index in [0.717, 1.165) is 0 Å². The smallest absolute Gasteiger partial charge is 0.310 e. The molecule has 0 unspecified atom stereocenters. The van der Waals surface area contributed by atoms with Crippen LogP contribution in [0.1, 0.15) is 38.8 Å². The van der Waals surface area contributed by atoms with Crippen molar-refractivity contribution < 1.29 is 22.7 Å². The molecule has 1 fully saturated rings. The number of benzene rings is 1. The highest BCUT2D eigenvalue weighted by Gasteiger charge is 2.38. The van der Waals surface area contributed by atoms with E-state index in [0.29, 0.717) is 24.2 Å². The Morgan fingerprint density at radius 3 is 2.56 bits per heavy atom. The highest BCUT2D eigenvalue weighted by molar-refractivity contribution is 7.92. The van der Waals surface area contributed by atoms with Gasteiger partial charge in [-0.05, 0) is 50.6 Å². The largest absolute Gasteiger partial charge is 0.469 e. The molecule has 1 aliphatic rings. The number of sulfone groups is 1. The van der Waals surface area contributed by atoms with Gasteiger partial charge in [0.05, 0.1) is 23.2 Å². The van der Waals surface area contributed by atoms with Gasteiger partial charge in [0.2, 0.25) is 5.91 Å². The molecule has 1 aromatic carbocycles. The zero-order chi connectivity index (χ0) is 18.8. The van der Waals surface area contributed by atoms with E-state index in [2.05, 4.69) is 10.6 Å². The Kier molecular flexibility index (Phi) is 5.84. The Morgan fingerprint density at radius 2 is 2.00 bits per heavy atom. The molecule has 1 heterocycles. The van der Waals surface area contributed by atoms with Crippen LogP contribution in [0, 0.1) is 5.92 Å². The highest BCUT2D eigenvalue weighted by atomic mass is 32.2. The van der Waals surface area contributed by atoms with Crippen molar-refractivity contribution in [1.29, 1.82) is 0 Å². The molecule has 0 radical (unpaired) electrons. The molecule has 0 aliphatic carbocycles. The molecule has 1 aromatic rings. The maximum atomic E-state index is 12.8. The number of rotatable bonds is 5. The molecule has 1 saturated heterocycles. The van der Waals surface area contributed by atoms with Crippen molar-refractivity contribution in [1.82, 2.24) is 5.32 Å². The number of amides is 1. The lowest BCUT2D eigenvalue weighted by atomic mass is 9.94. The summed E-state index contributed by atoms with van der Waals surface area (Å²) in [7, 11) is -2.23. The number of esters is 1. The second-order valence-electron chi connectivity index (χ2n) is 6.38. The number of anilines is 1. The van der Waals surface area contributed by atoms with Gasteiger partial charge in [-0.1, -0.05) is 0 Å². The second-order valence-corrected chi connectivity index (χ2v) is 8.85. The standard InChI is InChI=1S/C17H24N2O5S/c1-10(2)25(22,23)15-6-5-12(19-11(3)20)9-14(15)16-13(7-8-18-16)17(21)24-4/h5-6,9-10,13,16,18H,7-8H2,1-4H3,(H,19,20)/t13-,16-/m0/s1. The summed E-state index contributed by atoms with van der Waals surface area (Å²) in [4.78, 5) is 23.6. The molecule has 7 nitrogen and oxygen atoms in total. The summed E-state index contributed by atoms with van der Waals surface area (Å²) in [6.07, 6.45) is 0.558. The number of carbonyl (C=O) groups excluding carboxylic acids is 2. The van der Waals surface area contributed by atoms with Gasteiger partial charge in [0.25, 0.3) is 0 Å². The quantitative estimate of drug-likeness (QED) is 0.767. The van der Waals surface area contributed by atoms with Crippen LogP contribution in [-0.2, 0) is 24.2 Å². The van der Waals surface area contributed by atoms with Crippen molar-refractivity contribution in [3.05, 3.63) is 23.8 Å². The molecule has 0 aromatic heterocycles. The Balaban J connectivity index is 2.59. The molecule has 1 amide bonds. The SMILES string of the molecule is COC(=O)[C@H]1CCN[C@@H]1c1cc(NC(C)=O)ccc1S(=O)(=O)C(C)C. The average Bonchev–Trinajstić information content (AvgIpc) is 3.02. The van der Waals surface area contributed by atoms with Crippen LogP contribution >= 0.6 is 0 Å². The van der Waals surface area contributed by atoms with E-state index in [-0.39, 0.29) is 16.8 Å². The normalized spacial score (nSPS) is 20.5. The maximum absolute atomic E-state index is 12.8. The third-order valence-corrected chi connectivity index (χ3v) is 6.54. The minimum Gasteiger partial charge on any atom is -0.469 e. The van der Waals surface area contributed by atoms with Gasteiger partial charge in [-0.3, -0.25) is 9.59 Å². The van der Waals surface area contributed by atoms with Crippen LogP contribution in [0.2, 0.25) is 0 Å². The van der Waals surface area contributed by atoms with Crippen LogP contribution in [0.4, 0.5) is 5.69 Å². The van der Waals surface area contributed by atoms with E-state index in [1.165, 1.54) is 20.1 Å². The summed E-state index contributed by atoms with van der Waals surface area (Å²) in [5.74, 6) is -1.11. The number of carbonyl (C=O) groups is 2. The van der Waals surface area contributed by atoms with Crippen LogP contribution in [0.15, 0.2) is 23.1 Å². The zero-order valence-electron chi connectivity index (χ0n) is 14.8. The summed E-state index contributed by atoms with van der Waals surface area (Å²) in [5.41, 5.74) is 0.968. The van der Waals surface area contributed by atoms with E-state index in [9.17, 15) is 18.0 Å². The van der Waals surface area contributed by atoms with Crippen molar-refractivity contribution in [2.75, 3.05) is 19.0 Å². The lowest BCUT2D eigenvalue weighted by molar-refractivity contribution is -0.145. The van der Waals surface area contributed by atoms with Crippen molar-refractivity contribution in [2.24, 2.45) is 5.92 Å². The van der Waals surface area contributed by atoms with Crippen LogP contribution in [0.25, 0.3) is 0 Å². The monoisotopic (exact) mass is 368 g/mol. The predicted octanol–water partition coefficient (Wildman–Crippen LogP) is 1.65. The van der Waals surface area contributed by atoms with Crippen LogP contribution in [0.3, 0.4) is 0 Å². The van der Waals surface area contributed by atoms with Gasteiger partial charge >= 0.3 is 5.97 Å². The van der Waals surface area contributed by atoms with Crippen molar-refractivity contribution in [3.8, 4) is 0 Å². The van der Waals surface area contributed by atoms with Gasteiger partial charge in [-0.2, -0.15) is 0 Å². The van der Waals surface area contributed by atoms with Gasteiger partial charge in [0, 0.05) is 18.7 Å². The molecule has 8 heteroatoms. The molecule has 0 spiro atoms. The fourth-order valence-electron chi connectivity index (χ4n) is 3.02. The zero-order valence-corrected chi connectivity index (χ0v) is 15.6. The van der Waals surface area contributed by atoms with Crippen molar-refractivity contribution in [2.45, 2.75) is 43.4 Å². The lowest BCUT2D eigenvalue weighted by Gasteiger charge is -2.23. The molecule has 138 valence electrons. The average molecular weight is 368 g/mol. The number of hydrogen-bond donors (Lipinski definition) is 2. The van der Waals surface area contributed by atoms with E-state index >= 15 is 0 Å². The molecular weight excluding hydrogens is 344 g/mol. The summed E-state index contributed by atoms with van der Waals surface area (Å²) in [5, 5.41) is 5.25. The fraction of sp³-hybridized carbons (Fsp3) is 0.529. The minimum atomic E-state index is -3.55. The minimum absolute atomic E-state index is 0.171. The number of hydrogen-bond acceptors (Lipinski definition) is 6. The molecule has 0 bridgehead atoms. The topological polar surface area (TPSA) is 102 Å². The first-order valence-electron chi connectivity index (χ1n) is 8.15. The Hall–Kier alpha value is -1.93. The van der Waals surface area contributed by atoms with E-state index < -0.39 is 27.0 Å². The van der Waals surface area contributed by atoms with E-state index in [4.69, 9.17) is 4.74 Å². The molecule has 0 saturated carbocycles. The van der Waals surface area contributed by atoms with Gasteiger partial charge in [0.15, 0.2) is 9.84 Å². The van der Waals surface area contributed by atoms with Gasteiger partial charge in [-0.15, -0.1) is 0 Å².